The third kappa shape index (κ3) is 2.98. The number of carbonyl (C=O) groups is 1. The molecule has 1 rings (SSSR count). The molecule has 1 unspecified atom stereocenters. The molecule has 0 amide bonds. The maximum absolute atomic E-state index is 11.3. The fourth-order valence-electron chi connectivity index (χ4n) is 1.94. The second-order valence-electron chi connectivity index (χ2n) is 4.46. The predicted molar refractivity (Wildman–Crippen MR) is 70.4 cm³/mol. The number of hydrogen-bond donors (Lipinski definition) is 1. The number of ether oxygens (including phenoxy) is 1. The molecule has 0 bridgehead atoms. The van der Waals surface area contributed by atoms with Gasteiger partial charge in [0.15, 0.2) is 0 Å². The van der Waals surface area contributed by atoms with E-state index in [4.69, 9.17) is 4.74 Å². The monoisotopic (exact) mass is 252 g/mol. The Hall–Kier alpha value is -1.62. The number of anilines is 1. The second kappa shape index (κ2) is 5.82. The van der Waals surface area contributed by atoms with Crippen LogP contribution in [0.25, 0.3) is 0 Å². The molecule has 0 saturated carbocycles. The van der Waals surface area contributed by atoms with Gasteiger partial charge in [0.05, 0.1) is 18.0 Å². The van der Waals surface area contributed by atoms with Crippen molar-refractivity contribution in [2.75, 3.05) is 25.7 Å². The van der Waals surface area contributed by atoms with Crippen molar-refractivity contribution < 1.29 is 14.6 Å². The predicted octanol–water partition coefficient (Wildman–Crippen LogP) is 1.87. The lowest BCUT2D eigenvalue weighted by molar-refractivity contribution is 0.0696. The van der Waals surface area contributed by atoms with Crippen LogP contribution >= 0.6 is 0 Å². The first-order valence-corrected chi connectivity index (χ1v) is 5.81. The zero-order valence-electron chi connectivity index (χ0n) is 11.5. The van der Waals surface area contributed by atoms with Crippen LogP contribution in [-0.4, -0.2) is 42.9 Å². The normalized spacial score (nSPS) is 12.3. The Balaban J connectivity index is 3.25. The van der Waals surface area contributed by atoms with E-state index >= 15 is 0 Å². The lowest BCUT2D eigenvalue weighted by Gasteiger charge is -2.28. The minimum Gasteiger partial charge on any atom is -0.478 e. The van der Waals surface area contributed by atoms with Crippen LogP contribution in [0.1, 0.15) is 28.7 Å². The van der Waals surface area contributed by atoms with E-state index in [1.165, 1.54) is 0 Å². The molecule has 0 saturated heterocycles. The van der Waals surface area contributed by atoms with Crippen LogP contribution < -0.4 is 4.90 Å². The van der Waals surface area contributed by atoms with Crippen molar-refractivity contribution >= 4 is 11.7 Å². The van der Waals surface area contributed by atoms with E-state index in [2.05, 4.69) is 4.98 Å². The summed E-state index contributed by atoms with van der Waals surface area (Å²) in [4.78, 5) is 17.5. The van der Waals surface area contributed by atoms with Gasteiger partial charge in [-0.25, -0.2) is 4.79 Å². The highest BCUT2D eigenvalue weighted by Crippen LogP contribution is 2.24. The minimum atomic E-state index is -0.952. The number of aryl methyl sites for hydroxylation is 2. The van der Waals surface area contributed by atoms with E-state index in [0.29, 0.717) is 18.0 Å². The van der Waals surface area contributed by atoms with Gasteiger partial charge in [-0.2, -0.15) is 0 Å². The van der Waals surface area contributed by atoms with Gasteiger partial charge in [0.25, 0.3) is 0 Å². The third-order valence-electron chi connectivity index (χ3n) is 2.97. The molecular formula is C13H20N2O3. The van der Waals surface area contributed by atoms with Gasteiger partial charge in [-0.15, -0.1) is 0 Å². The lowest BCUT2D eigenvalue weighted by Crippen LogP contribution is -2.34. The molecule has 1 aromatic rings. The molecule has 1 atom stereocenters. The molecule has 100 valence electrons. The fourth-order valence-corrected chi connectivity index (χ4v) is 1.94. The topological polar surface area (TPSA) is 62.7 Å². The number of likely N-dealkylation sites (N-methyl/N-ethyl adjacent to an activating group) is 1. The van der Waals surface area contributed by atoms with Gasteiger partial charge < -0.3 is 14.7 Å². The van der Waals surface area contributed by atoms with E-state index in [-0.39, 0.29) is 11.6 Å². The summed E-state index contributed by atoms with van der Waals surface area (Å²) in [5.74, 6) is -0.952. The summed E-state index contributed by atoms with van der Waals surface area (Å²) in [6.45, 7) is 6.10. The first-order valence-electron chi connectivity index (χ1n) is 5.81. The average Bonchev–Trinajstić information content (AvgIpc) is 2.26. The first kappa shape index (κ1) is 14.4. The average molecular weight is 252 g/mol. The molecule has 5 heteroatoms. The number of pyridine rings is 1. The number of aromatic carboxylic acids is 1. The smallest absolute Gasteiger partial charge is 0.339 e. The maximum Gasteiger partial charge on any atom is 0.339 e. The summed E-state index contributed by atoms with van der Waals surface area (Å²) in [5.41, 5.74) is 2.28. The van der Waals surface area contributed by atoms with Crippen molar-refractivity contribution in [3.63, 3.8) is 0 Å². The molecule has 18 heavy (non-hydrogen) atoms. The number of carboxylic acids is 1. The van der Waals surface area contributed by atoms with Crippen molar-refractivity contribution in [1.29, 1.82) is 0 Å². The Morgan fingerprint density at radius 1 is 1.56 bits per heavy atom. The van der Waals surface area contributed by atoms with Crippen LogP contribution in [-0.2, 0) is 4.74 Å². The summed E-state index contributed by atoms with van der Waals surface area (Å²) >= 11 is 0. The number of carboxylic acid groups (broad SMARTS) is 1. The Morgan fingerprint density at radius 2 is 2.17 bits per heavy atom. The van der Waals surface area contributed by atoms with E-state index in [1.807, 2.05) is 25.8 Å². The fraction of sp³-hybridized carbons (Fsp3) is 0.538. The summed E-state index contributed by atoms with van der Waals surface area (Å²) < 4.78 is 5.10. The summed E-state index contributed by atoms with van der Waals surface area (Å²) in [6, 6.07) is 1.89. The quantitative estimate of drug-likeness (QED) is 0.866. The van der Waals surface area contributed by atoms with Crippen molar-refractivity contribution in [2.24, 2.45) is 0 Å². The number of rotatable bonds is 5. The third-order valence-corrected chi connectivity index (χ3v) is 2.97. The van der Waals surface area contributed by atoms with E-state index in [9.17, 15) is 9.90 Å². The van der Waals surface area contributed by atoms with Gasteiger partial charge in [-0.1, -0.05) is 0 Å². The number of methoxy groups -OCH3 is 1. The lowest BCUT2D eigenvalue weighted by atomic mass is 10.1. The van der Waals surface area contributed by atoms with Crippen LogP contribution in [0, 0.1) is 13.8 Å². The molecular weight excluding hydrogens is 232 g/mol. The van der Waals surface area contributed by atoms with E-state index < -0.39 is 5.97 Å². The molecule has 5 nitrogen and oxygen atoms in total. The Labute approximate surface area is 107 Å². The summed E-state index contributed by atoms with van der Waals surface area (Å²) in [7, 11) is 3.50. The highest BCUT2D eigenvalue weighted by molar-refractivity contribution is 5.95. The van der Waals surface area contributed by atoms with Gasteiger partial charge >= 0.3 is 5.97 Å². The van der Waals surface area contributed by atoms with Crippen LogP contribution in [0.15, 0.2) is 6.07 Å². The molecule has 0 fully saturated rings. The standard InChI is InChI=1S/C13H20N2O3/c1-8-6-11(15(4)9(2)7-18-5)12(13(16)17)10(3)14-8/h6,9H,7H2,1-5H3,(H,16,17). The largest absolute Gasteiger partial charge is 0.478 e. The number of nitrogens with zero attached hydrogens (tertiary/aromatic N) is 2. The Bertz CT molecular complexity index is 446. The van der Waals surface area contributed by atoms with Gasteiger partial charge in [0.2, 0.25) is 0 Å². The number of hydrogen-bond acceptors (Lipinski definition) is 4. The van der Waals surface area contributed by atoms with Gasteiger partial charge in [-0.05, 0) is 26.8 Å². The molecule has 0 aliphatic heterocycles. The molecule has 0 spiro atoms. The Morgan fingerprint density at radius 3 is 2.67 bits per heavy atom. The molecule has 1 N–H and O–H groups in total. The van der Waals surface area contributed by atoms with Gasteiger partial charge in [-0.3, -0.25) is 4.98 Å². The van der Waals surface area contributed by atoms with E-state index in [0.717, 1.165) is 5.69 Å². The van der Waals surface area contributed by atoms with Crippen molar-refractivity contribution in [2.45, 2.75) is 26.8 Å². The molecule has 1 heterocycles. The Kier molecular flexibility index (Phi) is 4.67. The highest BCUT2D eigenvalue weighted by atomic mass is 16.5. The molecule has 0 aliphatic carbocycles. The molecule has 0 aliphatic rings. The molecule has 0 radical (unpaired) electrons. The van der Waals surface area contributed by atoms with Crippen molar-refractivity contribution in [3.05, 3.63) is 23.0 Å². The van der Waals surface area contributed by atoms with Crippen LogP contribution in [0.2, 0.25) is 0 Å². The zero-order valence-corrected chi connectivity index (χ0v) is 11.5. The minimum absolute atomic E-state index is 0.0919. The van der Waals surface area contributed by atoms with Crippen molar-refractivity contribution in [3.8, 4) is 0 Å². The zero-order chi connectivity index (χ0) is 13.9. The summed E-state index contributed by atoms with van der Waals surface area (Å²) in [6.07, 6.45) is 0. The summed E-state index contributed by atoms with van der Waals surface area (Å²) in [5, 5.41) is 9.30. The first-order chi connectivity index (χ1) is 8.38. The van der Waals surface area contributed by atoms with Crippen LogP contribution in [0.3, 0.4) is 0 Å². The van der Waals surface area contributed by atoms with E-state index in [1.54, 1.807) is 20.1 Å². The van der Waals surface area contributed by atoms with Crippen LogP contribution in [0.5, 0.6) is 0 Å². The SMILES string of the molecule is COCC(C)N(C)c1cc(C)nc(C)c1C(=O)O. The maximum atomic E-state index is 11.3. The van der Waals surface area contributed by atoms with Gasteiger partial charge in [0, 0.05) is 25.9 Å². The highest BCUT2D eigenvalue weighted by Gasteiger charge is 2.20. The number of aromatic nitrogens is 1. The molecule has 0 aromatic carbocycles. The molecule has 1 aromatic heterocycles. The van der Waals surface area contributed by atoms with Gasteiger partial charge in [0.1, 0.15) is 5.56 Å². The van der Waals surface area contributed by atoms with Crippen LogP contribution in [0.4, 0.5) is 5.69 Å². The second-order valence-corrected chi connectivity index (χ2v) is 4.46. The van der Waals surface area contributed by atoms with Crippen molar-refractivity contribution in [1.82, 2.24) is 4.98 Å².